The Morgan fingerprint density at radius 3 is 2.87 bits per heavy atom. The molecule has 3 rings (SSSR count). The van der Waals surface area contributed by atoms with E-state index in [-0.39, 0.29) is 17.9 Å². The number of nitrogens with two attached hydrogens (primary N) is 1. The molecule has 6 nitrogen and oxygen atoms in total. The summed E-state index contributed by atoms with van der Waals surface area (Å²) in [5, 5.41) is 4.72. The van der Waals surface area contributed by atoms with Gasteiger partial charge in [-0.2, -0.15) is 4.98 Å². The van der Waals surface area contributed by atoms with Crippen molar-refractivity contribution in [2.24, 2.45) is 5.73 Å². The van der Waals surface area contributed by atoms with Crippen LogP contribution >= 0.6 is 11.6 Å². The van der Waals surface area contributed by atoms with Gasteiger partial charge in [0.2, 0.25) is 17.6 Å². The van der Waals surface area contributed by atoms with E-state index in [0.29, 0.717) is 23.3 Å². The van der Waals surface area contributed by atoms with Gasteiger partial charge in [0, 0.05) is 17.1 Å². The molecule has 1 aromatic carbocycles. The van der Waals surface area contributed by atoms with E-state index < -0.39 is 0 Å². The van der Waals surface area contributed by atoms with Crippen LogP contribution in [-0.2, 0) is 4.79 Å². The Hall–Kier alpha value is -1.92. The summed E-state index contributed by atoms with van der Waals surface area (Å²) in [5.41, 5.74) is 6.26. The maximum absolute atomic E-state index is 11.4. The molecule has 0 unspecified atom stereocenters. The number of piperidine rings is 1. The number of likely N-dealkylation sites (tertiary alicyclic amines) is 1. The molecule has 2 aromatic rings. The van der Waals surface area contributed by atoms with Crippen LogP contribution in [0, 0.1) is 0 Å². The number of carbonyl (C=O) groups is 1. The number of rotatable bonds is 4. The number of aromatic nitrogens is 2. The van der Waals surface area contributed by atoms with Crippen LogP contribution in [0.4, 0.5) is 0 Å². The van der Waals surface area contributed by atoms with Gasteiger partial charge in [-0.15, -0.1) is 0 Å². The molecule has 122 valence electrons. The number of carbonyl (C=O) groups excluding carboxylic acids is 1. The fourth-order valence-corrected chi connectivity index (χ4v) is 2.98. The quantitative estimate of drug-likeness (QED) is 0.928. The number of hydrogen-bond acceptors (Lipinski definition) is 5. The average Bonchev–Trinajstić information content (AvgIpc) is 3.05. The normalized spacial score (nSPS) is 20.3. The highest BCUT2D eigenvalue weighted by Crippen LogP contribution is 2.28. The molecule has 0 radical (unpaired) electrons. The molecule has 0 aliphatic carbocycles. The van der Waals surface area contributed by atoms with E-state index in [1.807, 2.05) is 19.1 Å². The van der Waals surface area contributed by atoms with Crippen molar-refractivity contribution in [2.45, 2.75) is 31.7 Å². The summed E-state index contributed by atoms with van der Waals surface area (Å²) >= 11 is 5.89. The van der Waals surface area contributed by atoms with Gasteiger partial charge in [-0.05, 0) is 50.6 Å². The highest BCUT2D eigenvalue weighted by molar-refractivity contribution is 6.30. The molecule has 1 aliphatic heterocycles. The van der Waals surface area contributed by atoms with Gasteiger partial charge in [-0.1, -0.05) is 16.8 Å². The minimum atomic E-state index is -0.307. The topological polar surface area (TPSA) is 85.3 Å². The lowest BCUT2D eigenvalue weighted by atomic mass is 9.96. The predicted molar refractivity (Wildman–Crippen MR) is 86.9 cm³/mol. The summed E-state index contributed by atoms with van der Waals surface area (Å²) in [6.45, 7) is 3.39. The van der Waals surface area contributed by atoms with Crippen molar-refractivity contribution < 1.29 is 9.32 Å². The summed E-state index contributed by atoms with van der Waals surface area (Å²) < 4.78 is 5.44. The molecule has 1 fully saturated rings. The molecule has 23 heavy (non-hydrogen) atoms. The summed E-state index contributed by atoms with van der Waals surface area (Å²) in [7, 11) is 0. The molecule has 1 saturated heterocycles. The average molecular weight is 335 g/mol. The van der Waals surface area contributed by atoms with Crippen LogP contribution in [-0.4, -0.2) is 40.1 Å². The third-order valence-electron chi connectivity index (χ3n) is 4.31. The zero-order valence-corrected chi connectivity index (χ0v) is 13.7. The van der Waals surface area contributed by atoms with Gasteiger partial charge in [0.05, 0.1) is 12.0 Å². The Morgan fingerprint density at radius 2 is 2.17 bits per heavy atom. The van der Waals surface area contributed by atoms with E-state index in [0.717, 1.165) is 24.9 Å². The molecule has 0 saturated carbocycles. The molecule has 1 amide bonds. The number of amides is 1. The summed E-state index contributed by atoms with van der Waals surface area (Å²) in [5.74, 6) is 0.977. The Labute approximate surface area is 139 Å². The standard InChI is InChI=1S/C16H19ClN4O2/c1-10(14(18)22)21-8-2-3-12(9-21)16-19-15(20-23-16)11-4-6-13(17)7-5-11/h4-7,10,12H,2-3,8-9H2,1H3,(H2,18,22)/t10-,12+/m0/s1. The first kappa shape index (κ1) is 16.0. The third kappa shape index (κ3) is 3.54. The van der Waals surface area contributed by atoms with Crippen molar-refractivity contribution in [1.29, 1.82) is 0 Å². The molecule has 2 atom stereocenters. The Kier molecular flexibility index (Phi) is 4.63. The fraction of sp³-hybridized carbons (Fsp3) is 0.438. The molecule has 1 aromatic heterocycles. The molecule has 0 bridgehead atoms. The molecule has 1 aliphatic rings. The smallest absolute Gasteiger partial charge is 0.234 e. The molecule has 0 spiro atoms. The van der Waals surface area contributed by atoms with Gasteiger partial charge < -0.3 is 10.3 Å². The molecular formula is C16H19ClN4O2. The minimum Gasteiger partial charge on any atom is -0.368 e. The van der Waals surface area contributed by atoms with Crippen molar-refractivity contribution in [1.82, 2.24) is 15.0 Å². The van der Waals surface area contributed by atoms with E-state index in [1.54, 1.807) is 12.1 Å². The van der Waals surface area contributed by atoms with E-state index in [2.05, 4.69) is 15.0 Å². The second-order valence-electron chi connectivity index (χ2n) is 5.88. The highest BCUT2D eigenvalue weighted by Gasteiger charge is 2.30. The lowest BCUT2D eigenvalue weighted by molar-refractivity contribution is -0.123. The number of hydrogen-bond donors (Lipinski definition) is 1. The highest BCUT2D eigenvalue weighted by atomic mass is 35.5. The number of primary amides is 1. The van der Waals surface area contributed by atoms with Crippen LogP contribution in [0.3, 0.4) is 0 Å². The largest absolute Gasteiger partial charge is 0.368 e. The molecule has 2 N–H and O–H groups in total. The Bertz CT molecular complexity index is 686. The van der Waals surface area contributed by atoms with Crippen molar-refractivity contribution >= 4 is 17.5 Å². The van der Waals surface area contributed by atoms with E-state index >= 15 is 0 Å². The van der Waals surface area contributed by atoms with Crippen LogP contribution < -0.4 is 5.73 Å². The summed E-state index contributed by atoms with van der Waals surface area (Å²) in [6.07, 6.45) is 1.94. The molecular weight excluding hydrogens is 316 g/mol. The van der Waals surface area contributed by atoms with Gasteiger partial charge in [-0.25, -0.2) is 0 Å². The second kappa shape index (κ2) is 6.68. The minimum absolute atomic E-state index is 0.124. The summed E-state index contributed by atoms with van der Waals surface area (Å²) in [4.78, 5) is 18.0. The van der Waals surface area contributed by atoms with Crippen LogP contribution in [0.5, 0.6) is 0 Å². The van der Waals surface area contributed by atoms with E-state index in [4.69, 9.17) is 21.9 Å². The van der Waals surface area contributed by atoms with Gasteiger partial charge in [0.1, 0.15) is 0 Å². The monoisotopic (exact) mass is 334 g/mol. The predicted octanol–water partition coefficient (Wildman–Crippen LogP) is 2.44. The first-order chi connectivity index (χ1) is 11.0. The SMILES string of the molecule is C[C@@H](C(N)=O)N1CCC[C@@H](c2nc(-c3ccc(Cl)cc3)no2)C1. The number of nitrogens with zero attached hydrogens (tertiary/aromatic N) is 3. The summed E-state index contributed by atoms with van der Waals surface area (Å²) in [6, 6.07) is 7.03. The van der Waals surface area contributed by atoms with Gasteiger partial charge in [0.25, 0.3) is 0 Å². The number of halogens is 1. The van der Waals surface area contributed by atoms with E-state index in [9.17, 15) is 4.79 Å². The first-order valence-corrected chi connectivity index (χ1v) is 8.05. The lowest BCUT2D eigenvalue weighted by Crippen LogP contribution is -2.47. The van der Waals surface area contributed by atoms with Gasteiger partial charge in [0.15, 0.2) is 0 Å². The molecule has 2 heterocycles. The molecule has 7 heteroatoms. The van der Waals surface area contributed by atoms with Gasteiger partial charge >= 0.3 is 0 Å². The maximum Gasteiger partial charge on any atom is 0.234 e. The van der Waals surface area contributed by atoms with Crippen LogP contribution in [0.25, 0.3) is 11.4 Å². The Balaban J connectivity index is 1.74. The fourth-order valence-electron chi connectivity index (χ4n) is 2.86. The van der Waals surface area contributed by atoms with Crippen LogP contribution in [0.2, 0.25) is 5.02 Å². The van der Waals surface area contributed by atoms with Gasteiger partial charge in [-0.3, -0.25) is 9.69 Å². The number of benzene rings is 1. The second-order valence-corrected chi connectivity index (χ2v) is 6.31. The van der Waals surface area contributed by atoms with E-state index in [1.165, 1.54) is 0 Å². The van der Waals surface area contributed by atoms with Crippen molar-refractivity contribution in [3.05, 3.63) is 35.2 Å². The zero-order valence-electron chi connectivity index (χ0n) is 12.9. The first-order valence-electron chi connectivity index (χ1n) is 7.67. The van der Waals surface area contributed by atoms with Crippen LogP contribution in [0.15, 0.2) is 28.8 Å². The van der Waals surface area contributed by atoms with Crippen molar-refractivity contribution in [2.75, 3.05) is 13.1 Å². The lowest BCUT2D eigenvalue weighted by Gasteiger charge is -2.33. The van der Waals surface area contributed by atoms with Crippen LogP contribution in [0.1, 0.15) is 31.6 Å². The maximum atomic E-state index is 11.4. The van der Waals surface area contributed by atoms with Crippen molar-refractivity contribution in [3.63, 3.8) is 0 Å². The zero-order chi connectivity index (χ0) is 16.4. The third-order valence-corrected chi connectivity index (χ3v) is 4.56. The Morgan fingerprint density at radius 1 is 1.43 bits per heavy atom. The van der Waals surface area contributed by atoms with Crippen molar-refractivity contribution in [3.8, 4) is 11.4 Å².